The van der Waals surface area contributed by atoms with Crippen molar-refractivity contribution in [3.05, 3.63) is 34.9 Å². The first-order valence-corrected chi connectivity index (χ1v) is 6.56. The summed E-state index contributed by atoms with van der Waals surface area (Å²) in [5.74, 6) is -0.0427. The van der Waals surface area contributed by atoms with Gasteiger partial charge in [0.05, 0.1) is 0 Å². The van der Waals surface area contributed by atoms with E-state index in [0.717, 1.165) is 23.2 Å². The molecule has 0 spiro atoms. The van der Waals surface area contributed by atoms with Crippen molar-refractivity contribution < 1.29 is 9.59 Å². The van der Waals surface area contributed by atoms with Crippen molar-refractivity contribution in [2.45, 2.75) is 26.7 Å². The summed E-state index contributed by atoms with van der Waals surface area (Å²) in [6.45, 7) is 5.20. The Hall–Kier alpha value is -1.39. The Morgan fingerprint density at radius 2 is 1.80 bits per heavy atom. The van der Waals surface area contributed by atoms with Crippen LogP contribution in [0.5, 0.6) is 0 Å². The minimum absolute atomic E-state index is 0. The summed E-state index contributed by atoms with van der Waals surface area (Å²) >= 11 is 0. The number of carbonyl (C=O) groups is 2. The molecule has 0 atom stereocenters. The van der Waals surface area contributed by atoms with Gasteiger partial charge < -0.3 is 10.6 Å². The van der Waals surface area contributed by atoms with Crippen molar-refractivity contribution in [2.24, 2.45) is 0 Å². The van der Waals surface area contributed by atoms with Gasteiger partial charge in [0.25, 0.3) is 0 Å². The molecule has 0 aliphatic rings. The van der Waals surface area contributed by atoms with Gasteiger partial charge in [-0.3, -0.25) is 9.59 Å². The van der Waals surface area contributed by atoms with Crippen LogP contribution in [0.4, 0.5) is 0 Å². The number of hydrogen-bond acceptors (Lipinski definition) is 3. The van der Waals surface area contributed by atoms with Crippen LogP contribution in [0, 0.1) is 13.8 Å². The second-order valence-corrected chi connectivity index (χ2v) is 4.70. The highest BCUT2D eigenvalue weighted by Gasteiger charge is 2.11. The average Bonchev–Trinajstić information content (AvgIpc) is 2.39. The van der Waals surface area contributed by atoms with E-state index in [0.29, 0.717) is 6.54 Å². The third-order valence-electron chi connectivity index (χ3n) is 2.97. The number of halogens is 1. The predicted molar refractivity (Wildman–Crippen MR) is 83.7 cm³/mol. The molecule has 0 unspecified atom stereocenters. The van der Waals surface area contributed by atoms with E-state index in [4.69, 9.17) is 0 Å². The monoisotopic (exact) mass is 298 g/mol. The van der Waals surface area contributed by atoms with Gasteiger partial charge in [-0.15, -0.1) is 12.4 Å². The minimum Gasteiger partial charge on any atom is -0.355 e. The smallest absolute Gasteiger partial charge is 0.220 e. The Labute approximate surface area is 126 Å². The zero-order chi connectivity index (χ0) is 14.3. The zero-order valence-electron chi connectivity index (χ0n) is 12.3. The molecule has 2 N–H and O–H groups in total. The standard InChI is InChI=1S/C15H22N2O2.ClH/c1-11-4-5-12(2)13(10-11)14(18)6-7-15(19)17-9-8-16-3;/h4-5,10,16H,6-9H2,1-3H3,(H,17,19);1H. The van der Waals surface area contributed by atoms with Gasteiger partial charge in [-0.1, -0.05) is 17.7 Å². The molecule has 0 heterocycles. The van der Waals surface area contributed by atoms with E-state index in [9.17, 15) is 9.59 Å². The number of amides is 1. The zero-order valence-corrected chi connectivity index (χ0v) is 13.1. The highest BCUT2D eigenvalue weighted by molar-refractivity contribution is 5.99. The number of hydrogen-bond donors (Lipinski definition) is 2. The minimum atomic E-state index is -0.0751. The maximum Gasteiger partial charge on any atom is 0.220 e. The van der Waals surface area contributed by atoms with Gasteiger partial charge in [0.15, 0.2) is 5.78 Å². The number of rotatable bonds is 7. The molecule has 20 heavy (non-hydrogen) atoms. The molecule has 1 amide bonds. The maximum absolute atomic E-state index is 12.1. The lowest BCUT2D eigenvalue weighted by molar-refractivity contribution is -0.121. The van der Waals surface area contributed by atoms with Crippen molar-refractivity contribution in [1.82, 2.24) is 10.6 Å². The Kier molecular flexibility index (Phi) is 8.84. The van der Waals surface area contributed by atoms with Gasteiger partial charge in [0, 0.05) is 31.5 Å². The number of benzene rings is 1. The molecule has 5 heteroatoms. The second-order valence-electron chi connectivity index (χ2n) is 4.70. The van der Waals surface area contributed by atoms with E-state index in [1.165, 1.54) is 0 Å². The van der Waals surface area contributed by atoms with Gasteiger partial charge in [-0.25, -0.2) is 0 Å². The molecule has 0 bridgehead atoms. The number of nitrogens with one attached hydrogen (secondary N) is 2. The molecule has 1 aromatic rings. The largest absolute Gasteiger partial charge is 0.355 e. The molecular weight excluding hydrogens is 276 g/mol. The van der Waals surface area contributed by atoms with Crippen LogP contribution in [-0.2, 0) is 4.79 Å². The van der Waals surface area contributed by atoms with E-state index in [1.807, 2.05) is 39.1 Å². The number of carbonyl (C=O) groups excluding carboxylic acids is 2. The highest BCUT2D eigenvalue weighted by Crippen LogP contribution is 2.13. The van der Waals surface area contributed by atoms with E-state index < -0.39 is 0 Å². The first kappa shape index (κ1) is 18.6. The molecule has 0 fully saturated rings. The number of Topliss-reactive ketones (excluding diaryl/α,β-unsaturated/α-hetero) is 1. The fourth-order valence-corrected chi connectivity index (χ4v) is 1.81. The SMILES string of the molecule is CNCCNC(=O)CCC(=O)c1cc(C)ccc1C.Cl. The van der Waals surface area contributed by atoms with E-state index in [1.54, 1.807) is 0 Å². The first-order valence-electron chi connectivity index (χ1n) is 6.56. The molecule has 4 nitrogen and oxygen atoms in total. The van der Waals surface area contributed by atoms with Crippen LogP contribution < -0.4 is 10.6 Å². The summed E-state index contributed by atoms with van der Waals surface area (Å²) in [4.78, 5) is 23.6. The van der Waals surface area contributed by atoms with Crippen molar-refractivity contribution in [3.63, 3.8) is 0 Å². The second kappa shape index (κ2) is 9.50. The molecule has 1 rings (SSSR count). The summed E-state index contributed by atoms with van der Waals surface area (Å²) in [6.07, 6.45) is 0.506. The van der Waals surface area contributed by atoms with Gasteiger partial charge in [-0.2, -0.15) is 0 Å². The van der Waals surface area contributed by atoms with E-state index >= 15 is 0 Å². The van der Waals surface area contributed by atoms with E-state index in [-0.39, 0.29) is 36.9 Å². The van der Waals surface area contributed by atoms with Gasteiger partial charge in [0.1, 0.15) is 0 Å². The molecule has 0 aromatic heterocycles. The topological polar surface area (TPSA) is 58.2 Å². The predicted octanol–water partition coefficient (Wildman–Crippen LogP) is 2.02. The Balaban J connectivity index is 0.00000361. The van der Waals surface area contributed by atoms with Gasteiger partial charge in [0.2, 0.25) is 5.91 Å². The maximum atomic E-state index is 12.1. The fraction of sp³-hybridized carbons (Fsp3) is 0.467. The molecule has 1 aromatic carbocycles. The van der Waals surface area contributed by atoms with E-state index in [2.05, 4.69) is 10.6 Å². The third-order valence-corrected chi connectivity index (χ3v) is 2.97. The molecular formula is C15H23ClN2O2. The highest BCUT2D eigenvalue weighted by atomic mass is 35.5. The van der Waals surface area contributed by atoms with Crippen LogP contribution in [0.25, 0.3) is 0 Å². The quantitative estimate of drug-likeness (QED) is 0.598. The van der Waals surface area contributed by atoms with Crippen LogP contribution in [0.2, 0.25) is 0 Å². The Morgan fingerprint density at radius 1 is 1.10 bits per heavy atom. The lowest BCUT2D eigenvalue weighted by atomic mass is 9.99. The van der Waals surface area contributed by atoms with Crippen LogP contribution in [0.3, 0.4) is 0 Å². The van der Waals surface area contributed by atoms with Gasteiger partial charge in [-0.05, 0) is 32.5 Å². The number of ketones is 1. The van der Waals surface area contributed by atoms with Crippen LogP contribution >= 0.6 is 12.4 Å². The average molecular weight is 299 g/mol. The lowest BCUT2D eigenvalue weighted by Crippen LogP contribution is -2.30. The summed E-state index contributed by atoms with van der Waals surface area (Å²) in [5, 5.41) is 5.71. The van der Waals surface area contributed by atoms with Crippen molar-refractivity contribution >= 4 is 24.1 Å². The van der Waals surface area contributed by atoms with Crippen LogP contribution in [0.15, 0.2) is 18.2 Å². The Morgan fingerprint density at radius 3 is 2.45 bits per heavy atom. The first-order chi connectivity index (χ1) is 9.04. The third kappa shape index (κ3) is 6.17. The molecule has 0 saturated heterocycles. The number of aryl methyl sites for hydroxylation is 2. The van der Waals surface area contributed by atoms with Crippen molar-refractivity contribution in [1.29, 1.82) is 0 Å². The summed E-state index contributed by atoms with van der Waals surface area (Å²) in [7, 11) is 1.83. The van der Waals surface area contributed by atoms with Crippen molar-refractivity contribution in [2.75, 3.05) is 20.1 Å². The van der Waals surface area contributed by atoms with Crippen LogP contribution in [-0.4, -0.2) is 31.8 Å². The molecule has 0 saturated carbocycles. The Bertz CT molecular complexity index is 461. The summed E-state index contributed by atoms with van der Waals surface area (Å²) < 4.78 is 0. The molecule has 0 aliphatic heterocycles. The summed E-state index contributed by atoms with van der Waals surface area (Å²) in [6, 6.07) is 5.81. The molecule has 112 valence electrons. The molecule has 0 aliphatic carbocycles. The molecule has 0 radical (unpaired) electrons. The number of likely N-dealkylation sites (N-methyl/N-ethyl adjacent to an activating group) is 1. The summed E-state index contributed by atoms with van der Waals surface area (Å²) in [5.41, 5.74) is 2.75. The normalized spacial score (nSPS) is 9.75. The van der Waals surface area contributed by atoms with Crippen molar-refractivity contribution in [3.8, 4) is 0 Å². The lowest BCUT2D eigenvalue weighted by Gasteiger charge is -2.07. The van der Waals surface area contributed by atoms with Crippen LogP contribution in [0.1, 0.15) is 34.3 Å². The van der Waals surface area contributed by atoms with Gasteiger partial charge >= 0.3 is 0 Å². The fourth-order valence-electron chi connectivity index (χ4n) is 1.81.